The van der Waals surface area contributed by atoms with Gasteiger partial charge in [0.2, 0.25) is 15.9 Å². The number of hydrogen-bond donors (Lipinski definition) is 1. The SMILES string of the molecule is O=C(Nc1ccccc1)[C@H]1CCCN(S(=O)(=O)c2ccc(-n3cnnn3)cc2)C1. The summed E-state index contributed by atoms with van der Waals surface area (Å²) in [6, 6.07) is 15.5. The molecule has 1 saturated heterocycles. The van der Waals surface area contributed by atoms with Crippen LogP contribution in [-0.4, -0.2) is 51.9 Å². The Hall–Kier alpha value is -3.11. The summed E-state index contributed by atoms with van der Waals surface area (Å²) in [7, 11) is -3.69. The fourth-order valence-electron chi connectivity index (χ4n) is 3.34. The summed E-state index contributed by atoms with van der Waals surface area (Å²) in [5.41, 5.74) is 1.36. The largest absolute Gasteiger partial charge is 0.326 e. The molecule has 1 aliphatic rings. The highest BCUT2D eigenvalue weighted by molar-refractivity contribution is 7.89. The van der Waals surface area contributed by atoms with E-state index >= 15 is 0 Å². The molecule has 29 heavy (non-hydrogen) atoms. The van der Waals surface area contributed by atoms with Gasteiger partial charge in [0.25, 0.3) is 0 Å². The Morgan fingerprint density at radius 3 is 2.52 bits per heavy atom. The molecule has 3 aromatic rings. The number of carbonyl (C=O) groups excluding carboxylic acids is 1. The van der Waals surface area contributed by atoms with E-state index in [1.165, 1.54) is 27.4 Å². The molecule has 1 amide bonds. The van der Waals surface area contributed by atoms with Crippen LogP contribution in [0.4, 0.5) is 5.69 Å². The summed E-state index contributed by atoms with van der Waals surface area (Å²) < 4.78 is 28.9. The average molecular weight is 412 g/mol. The van der Waals surface area contributed by atoms with Crippen LogP contribution in [0.2, 0.25) is 0 Å². The van der Waals surface area contributed by atoms with Gasteiger partial charge in [-0.2, -0.15) is 4.31 Å². The van der Waals surface area contributed by atoms with Gasteiger partial charge in [-0.1, -0.05) is 18.2 Å². The monoisotopic (exact) mass is 412 g/mol. The highest BCUT2D eigenvalue weighted by Crippen LogP contribution is 2.25. The van der Waals surface area contributed by atoms with E-state index in [1.807, 2.05) is 18.2 Å². The summed E-state index contributed by atoms with van der Waals surface area (Å²) in [6.45, 7) is 0.557. The van der Waals surface area contributed by atoms with Crippen LogP contribution in [0.15, 0.2) is 65.8 Å². The van der Waals surface area contributed by atoms with Crippen molar-refractivity contribution in [3.05, 3.63) is 60.9 Å². The smallest absolute Gasteiger partial charge is 0.243 e. The Labute approximate surface area is 168 Å². The van der Waals surface area contributed by atoms with E-state index in [9.17, 15) is 13.2 Å². The Bertz CT molecular complexity index is 1070. The molecule has 150 valence electrons. The van der Waals surface area contributed by atoms with Crippen molar-refractivity contribution in [3.63, 3.8) is 0 Å². The van der Waals surface area contributed by atoms with E-state index in [-0.39, 0.29) is 23.3 Å². The Balaban J connectivity index is 1.47. The zero-order chi connectivity index (χ0) is 20.3. The van der Waals surface area contributed by atoms with Gasteiger partial charge in [-0.25, -0.2) is 13.1 Å². The summed E-state index contributed by atoms with van der Waals surface area (Å²) in [5, 5.41) is 13.8. The summed E-state index contributed by atoms with van der Waals surface area (Å²) in [4.78, 5) is 12.8. The van der Waals surface area contributed by atoms with Gasteiger partial charge in [-0.05, 0) is 59.7 Å². The molecule has 10 heteroatoms. The third kappa shape index (κ3) is 4.17. The van der Waals surface area contributed by atoms with Crippen molar-refractivity contribution < 1.29 is 13.2 Å². The zero-order valence-corrected chi connectivity index (χ0v) is 16.4. The van der Waals surface area contributed by atoms with Gasteiger partial charge in [0.15, 0.2) is 0 Å². The first-order chi connectivity index (χ1) is 14.0. The standard InChI is InChI=1S/C19H20N6O3S/c26-19(21-16-6-2-1-3-7-16)15-5-4-12-24(13-15)29(27,28)18-10-8-17(9-11-18)25-14-20-22-23-25/h1-3,6-11,14-15H,4-5,12-13H2,(H,21,26)/t15-/m0/s1. The maximum atomic E-state index is 13.1. The number of nitrogens with zero attached hydrogens (tertiary/aromatic N) is 5. The number of rotatable bonds is 5. The zero-order valence-electron chi connectivity index (χ0n) is 15.5. The molecular formula is C19H20N6O3S. The number of benzene rings is 2. The number of piperidine rings is 1. The highest BCUT2D eigenvalue weighted by atomic mass is 32.2. The highest BCUT2D eigenvalue weighted by Gasteiger charge is 2.33. The number of carbonyl (C=O) groups is 1. The number of aromatic nitrogens is 4. The van der Waals surface area contributed by atoms with Crippen LogP contribution in [0, 0.1) is 5.92 Å². The Morgan fingerprint density at radius 2 is 1.83 bits per heavy atom. The average Bonchev–Trinajstić information content (AvgIpc) is 3.30. The summed E-state index contributed by atoms with van der Waals surface area (Å²) >= 11 is 0. The normalized spacial score (nSPS) is 17.7. The van der Waals surface area contributed by atoms with Gasteiger partial charge in [-0.15, -0.1) is 5.10 Å². The van der Waals surface area contributed by atoms with Crippen molar-refractivity contribution in [2.45, 2.75) is 17.7 Å². The van der Waals surface area contributed by atoms with Crippen molar-refractivity contribution in [1.29, 1.82) is 0 Å². The minimum atomic E-state index is -3.69. The molecule has 1 atom stereocenters. The van der Waals surface area contributed by atoms with Gasteiger partial charge >= 0.3 is 0 Å². The molecule has 0 bridgehead atoms. The molecule has 0 spiro atoms. The molecular weight excluding hydrogens is 392 g/mol. The lowest BCUT2D eigenvalue weighted by molar-refractivity contribution is -0.120. The predicted octanol–water partition coefficient (Wildman–Crippen LogP) is 1.70. The van der Waals surface area contributed by atoms with Gasteiger partial charge < -0.3 is 5.32 Å². The Kier molecular flexibility index (Phi) is 5.36. The van der Waals surface area contributed by atoms with Gasteiger partial charge in [0.1, 0.15) is 6.33 Å². The lowest BCUT2D eigenvalue weighted by atomic mass is 9.99. The molecule has 0 aliphatic carbocycles. The van der Waals surface area contributed by atoms with Crippen LogP contribution < -0.4 is 5.32 Å². The summed E-state index contributed by atoms with van der Waals surface area (Å²) in [5.74, 6) is -0.552. The van der Waals surface area contributed by atoms with E-state index in [1.54, 1.807) is 24.3 Å². The van der Waals surface area contributed by atoms with E-state index < -0.39 is 10.0 Å². The number of anilines is 1. The molecule has 2 heterocycles. The molecule has 1 aliphatic heterocycles. The fraction of sp³-hybridized carbons (Fsp3) is 0.263. The molecule has 2 aromatic carbocycles. The molecule has 9 nitrogen and oxygen atoms in total. The second-order valence-electron chi connectivity index (χ2n) is 6.81. The van der Waals surface area contributed by atoms with Crippen LogP contribution in [0.25, 0.3) is 5.69 Å². The van der Waals surface area contributed by atoms with E-state index in [4.69, 9.17) is 0 Å². The van der Waals surface area contributed by atoms with Gasteiger partial charge in [-0.3, -0.25) is 4.79 Å². The first kappa shape index (κ1) is 19.2. The van der Waals surface area contributed by atoms with E-state index in [0.29, 0.717) is 30.8 Å². The number of sulfonamides is 1. The molecule has 1 aromatic heterocycles. The molecule has 1 N–H and O–H groups in total. The lowest BCUT2D eigenvalue weighted by Gasteiger charge is -2.31. The number of nitrogens with one attached hydrogen (secondary N) is 1. The van der Waals surface area contributed by atoms with Crippen LogP contribution in [-0.2, 0) is 14.8 Å². The van der Waals surface area contributed by atoms with E-state index in [2.05, 4.69) is 20.8 Å². The molecule has 0 radical (unpaired) electrons. The van der Waals surface area contributed by atoms with Gasteiger partial charge in [0, 0.05) is 18.8 Å². The third-order valence-corrected chi connectivity index (χ3v) is 6.76. The number of amides is 1. The van der Waals surface area contributed by atoms with E-state index in [0.717, 1.165) is 0 Å². The first-order valence-corrected chi connectivity index (χ1v) is 10.7. The maximum Gasteiger partial charge on any atom is 0.243 e. The van der Waals surface area contributed by atoms with Crippen molar-refractivity contribution in [2.75, 3.05) is 18.4 Å². The van der Waals surface area contributed by atoms with Crippen molar-refractivity contribution in [1.82, 2.24) is 24.5 Å². The second kappa shape index (κ2) is 8.10. The number of tetrazole rings is 1. The minimum Gasteiger partial charge on any atom is -0.326 e. The fourth-order valence-corrected chi connectivity index (χ4v) is 4.86. The predicted molar refractivity (Wildman–Crippen MR) is 106 cm³/mol. The molecule has 0 saturated carbocycles. The summed E-state index contributed by atoms with van der Waals surface area (Å²) in [6.07, 6.45) is 2.72. The second-order valence-corrected chi connectivity index (χ2v) is 8.74. The Morgan fingerprint density at radius 1 is 1.07 bits per heavy atom. The first-order valence-electron chi connectivity index (χ1n) is 9.23. The maximum absolute atomic E-state index is 13.1. The quantitative estimate of drug-likeness (QED) is 0.683. The van der Waals surface area contributed by atoms with Gasteiger partial charge in [0.05, 0.1) is 16.5 Å². The third-order valence-electron chi connectivity index (χ3n) is 4.88. The number of para-hydroxylation sites is 1. The molecule has 0 unspecified atom stereocenters. The van der Waals surface area contributed by atoms with Crippen LogP contribution >= 0.6 is 0 Å². The van der Waals surface area contributed by atoms with Crippen molar-refractivity contribution in [2.24, 2.45) is 5.92 Å². The van der Waals surface area contributed by atoms with Crippen LogP contribution in [0.1, 0.15) is 12.8 Å². The van der Waals surface area contributed by atoms with Crippen LogP contribution in [0.3, 0.4) is 0 Å². The molecule has 4 rings (SSSR count). The minimum absolute atomic E-state index is 0.162. The number of hydrogen-bond acceptors (Lipinski definition) is 6. The topological polar surface area (TPSA) is 110 Å². The molecule has 1 fully saturated rings. The van der Waals surface area contributed by atoms with Crippen molar-refractivity contribution in [3.8, 4) is 5.69 Å². The van der Waals surface area contributed by atoms with Crippen LogP contribution in [0.5, 0.6) is 0 Å². The lowest BCUT2D eigenvalue weighted by Crippen LogP contribution is -2.43. The van der Waals surface area contributed by atoms with Crippen molar-refractivity contribution >= 4 is 21.6 Å².